The van der Waals surface area contributed by atoms with Crippen molar-refractivity contribution in [3.8, 4) is 0 Å². The fraction of sp³-hybridized carbons (Fsp3) is 0. The maximum Gasteiger partial charge on any atom is 0.00427 e. The standard InChI is InChI=1S/C4H4Cl2/c5-3-1-2-4-6/h1-4H/b3-1-,4-2-. The Balaban J connectivity index is 3.07. The van der Waals surface area contributed by atoms with E-state index in [0.29, 0.717) is 0 Å². The predicted molar refractivity (Wildman–Crippen MR) is 30.0 cm³/mol. The van der Waals surface area contributed by atoms with Gasteiger partial charge in [0, 0.05) is 11.1 Å². The van der Waals surface area contributed by atoms with E-state index in [9.17, 15) is 0 Å². The van der Waals surface area contributed by atoms with Gasteiger partial charge in [-0.25, -0.2) is 0 Å². The Morgan fingerprint density at radius 1 is 0.833 bits per heavy atom. The molecule has 0 rings (SSSR count). The first-order chi connectivity index (χ1) is 2.91. The molecule has 0 aromatic carbocycles. The molecule has 34 valence electrons. The van der Waals surface area contributed by atoms with E-state index in [-0.39, 0.29) is 0 Å². The lowest BCUT2D eigenvalue weighted by Crippen LogP contribution is -1.34. The second-order valence-electron chi connectivity index (χ2n) is 0.637. The molecule has 0 aromatic heterocycles. The largest absolute Gasteiger partial charge is 0.0930 e. The van der Waals surface area contributed by atoms with Gasteiger partial charge in [-0.05, 0) is 0 Å². The van der Waals surface area contributed by atoms with Crippen molar-refractivity contribution in [1.82, 2.24) is 0 Å². The molecule has 0 bridgehead atoms. The summed E-state index contributed by atoms with van der Waals surface area (Å²) in [5, 5.41) is 0. The monoisotopic (exact) mass is 122 g/mol. The van der Waals surface area contributed by atoms with Crippen LogP contribution in [0.15, 0.2) is 23.2 Å². The zero-order valence-electron chi connectivity index (χ0n) is 3.07. The first kappa shape index (κ1) is 6.06. The highest BCUT2D eigenvalue weighted by atomic mass is 35.5. The van der Waals surface area contributed by atoms with E-state index in [1.165, 1.54) is 11.1 Å². The van der Waals surface area contributed by atoms with Crippen LogP contribution in [-0.4, -0.2) is 0 Å². The zero-order chi connectivity index (χ0) is 4.83. The number of hydrogen-bond acceptors (Lipinski definition) is 0. The highest BCUT2D eigenvalue weighted by Gasteiger charge is 1.52. The molecule has 0 nitrogen and oxygen atoms in total. The summed E-state index contributed by atoms with van der Waals surface area (Å²) in [7, 11) is 0. The van der Waals surface area contributed by atoms with E-state index < -0.39 is 0 Å². The fourth-order valence-electron chi connectivity index (χ4n) is 0.0840. The van der Waals surface area contributed by atoms with Gasteiger partial charge in [0.15, 0.2) is 0 Å². The van der Waals surface area contributed by atoms with Gasteiger partial charge in [-0.3, -0.25) is 0 Å². The van der Waals surface area contributed by atoms with E-state index in [0.717, 1.165) is 0 Å². The normalized spacial score (nSPS) is 11.7. The van der Waals surface area contributed by atoms with Crippen LogP contribution in [0.5, 0.6) is 0 Å². The molecular formula is C4H4Cl2. The molecule has 0 saturated carbocycles. The van der Waals surface area contributed by atoms with Crippen molar-refractivity contribution < 1.29 is 0 Å². The summed E-state index contributed by atoms with van der Waals surface area (Å²) in [6.45, 7) is 0. The quantitative estimate of drug-likeness (QED) is 0.470. The smallest absolute Gasteiger partial charge is 0.00427 e. The van der Waals surface area contributed by atoms with Gasteiger partial charge in [-0.1, -0.05) is 35.4 Å². The molecule has 0 N–H and O–H groups in total. The molecule has 0 radical (unpaired) electrons. The molecule has 0 atom stereocenters. The van der Waals surface area contributed by atoms with Crippen LogP contribution in [-0.2, 0) is 0 Å². The number of allylic oxidation sites excluding steroid dienone is 2. The van der Waals surface area contributed by atoms with Gasteiger partial charge >= 0.3 is 0 Å². The Hall–Kier alpha value is 0.0600. The molecule has 0 amide bonds. The average molecular weight is 123 g/mol. The minimum absolute atomic E-state index is 1.39. The fourth-order valence-corrected chi connectivity index (χ4v) is 0.252. The molecule has 0 aliphatic rings. The Kier molecular flexibility index (Phi) is 5.11. The van der Waals surface area contributed by atoms with Crippen LogP contribution >= 0.6 is 23.2 Å². The number of rotatable bonds is 1. The van der Waals surface area contributed by atoms with Crippen molar-refractivity contribution in [2.45, 2.75) is 0 Å². The molecule has 0 aromatic rings. The van der Waals surface area contributed by atoms with Gasteiger partial charge in [0.05, 0.1) is 0 Å². The summed E-state index contributed by atoms with van der Waals surface area (Å²) in [5.74, 6) is 0. The van der Waals surface area contributed by atoms with Gasteiger partial charge in [-0.15, -0.1) is 0 Å². The third-order valence-corrected chi connectivity index (χ3v) is 0.548. The van der Waals surface area contributed by atoms with Gasteiger partial charge in [-0.2, -0.15) is 0 Å². The second kappa shape index (κ2) is 5.06. The summed E-state index contributed by atoms with van der Waals surface area (Å²) in [5.41, 5.74) is 2.78. The predicted octanol–water partition coefficient (Wildman–Crippen LogP) is 2.49. The zero-order valence-corrected chi connectivity index (χ0v) is 4.58. The van der Waals surface area contributed by atoms with Crippen molar-refractivity contribution in [3.63, 3.8) is 0 Å². The van der Waals surface area contributed by atoms with Gasteiger partial charge in [0.1, 0.15) is 0 Å². The highest BCUT2D eigenvalue weighted by molar-refractivity contribution is 6.26. The molecule has 6 heavy (non-hydrogen) atoms. The summed E-state index contributed by atoms with van der Waals surface area (Å²) in [6, 6.07) is 0. The third kappa shape index (κ3) is 4.06. The van der Waals surface area contributed by atoms with Crippen molar-refractivity contribution in [1.29, 1.82) is 0 Å². The number of hydrogen-bond donors (Lipinski definition) is 0. The lowest BCUT2D eigenvalue weighted by atomic mass is 10.6. The van der Waals surface area contributed by atoms with Crippen LogP contribution < -0.4 is 0 Å². The van der Waals surface area contributed by atoms with E-state index >= 15 is 0 Å². The molecule has 0 aliphatic carbocycles. The van der Waals surface area contributed by atoms with E-state index in [2.05, 4.69) is 0 Å². The van der Waals surface area contributed by atoms with Crippen LogP contribution in [0.2, 0.25) is 0 Å². The van der Waals surface area contributed by atoms with E-state index in [1.54, 1.807) is 12.2 Å². The molecule has 0 aliphatic heterocycles. The van der Waals surface area contributed by atoms with Gasteiger partial charge in [0.2, 0.25) is 0 Å². The van der Waals surface area contributed by atoms with Crippen LogP contribution in [0.4, 0.5) is 0 Å². The highest BCUT2D eigenvalue weighted by Crippen LogP contribution is 1.81. The Labute approximate surface area is 47.1 Å². The van der Waals surface area contributed by atoms with E-state index in [1.807, 2.05) is 0 Å². The molecule has 0 heterocycles. The number of halogens is 2. The SMILES string of the molecule is Cl/C=C\C=C/Cl. The second-order valence-corrected chi connectivity index (χ2v) is 1.14. The topological polar surface area (TPSA) is 0 Å². The summed E-state index contributed by atoms with van der Waals surface area (Å²) < 4.78 is 0. The lowest BCUT2D eigenvalue weighted by molar-refractivity contribution is 2.08. The van der Waals surface area contributed by atoms with Crippen LogP contribution in [0.1, 0.15) is 0 Å². The minimum atomic E-state index is 1.39. The minimum Gasteiger partial charge on any atom is -0.0930 e. The third-order valence-electron chi connectivity index (χ3n) is 0.257. The maximum absolute atomic E-state index is 5.09. The van der Waals surface area contributed by atoms with Crippen molar-refractivity contribution in [2.75, 3.05) is 0 Å². The van der Waals surface area contributed by atoms with Gasteiger partial charge < -0.3 is 0 Å². The molecule has 0 unspecified atom stereocenters. The lowest BCUT2D eigenvalue weighted by Gasteiger charge is -1.59. The van der Waals surface area contributed by atoms with Crippen LogP contribution in [0.25, 0.3) is 0 Å². The van der Waals surface area contributed by atoms with Crippen molar-refractivity contribution in [2.24, 2.45) is 0 Å². The molecule has 2 heteroatoms. The van der Waals surface area contributed by atoms with Crippen molar-refractivity contribution >= 4 is 23.2 Å². The summed E-state index contributed by atoms with van der Waals surface area (Å²) >= 11 is 10.2. The summed E-state index contributed by atoms with van der Waals surface area (Å²) in [4.78, 5) is 0. The molecule has 0 fully saturated rings. The first-order valence-corrected chi connectivity index (χ1v) is 2.31. The average Bonchev–Trinajstić information content (AvgIpc) is 1.61. The Morgan fingerprint density at radius 2 is 1.17 bits per heavy atom. The van der Waals surface area contributed by atoms with Gasteiger partial charge in [0.25, 0.3) is 0 Å². The van der Waals surface area contributed by atoms with Crippen LogP contribution in [0.3, 0.4) is 0 Å². The van der Waals surface area contributed by atoms with E-state index in [4.69, 9.17) is 23.2 Å². The van der Waals surface area contributed by atoms with Crippen molar-refractivity contribution in [3.05, 3.63) is 23.2 Å². The van der Waals surface area contributed by atoms with Crippen LogP contribution in [0, 0.1) is 0 Å². The maximum atomic E-state index is 5.09. The Morgan fingerprint density at radius 3 is 1.33 bits per heavy atom. The Bertz CT molecular complexity index is 53.9. The molecule has 0 saturated heterocycles. The first-order valence-electron chi connectivity index (χ1n) is 1.44. The summed E-state index contributed by atoms with van der Waals surface area (Å²) in [6.07, 6.45) is 3.27. The molecule has 0 spiro atoms. The molecular weight excluding hydrogens is 119 g/mol.